The third kappa shape index (κ3) is 7.55. The predicted molar refractivity (Wildman–Crippen MR) is 115 cm³/mol. The Balaban J connectivity index is 0.00000338. The van der Waals surface area contributed by atoms with Gasteiger partial charge in [-0.15, -0.1) is 24.0 Å². The zero-order valence-electron chi connectivity index (χ0n) is 15.9. The van der Waals surface area contributed by atoms with Crippen LogP contribution in [0.3, 0.4) is 0 Å². The Morgan fingerprint density at radius 1 is 1.19 bits per heavy atom. The number of morpholine rings is 1. The van der Waals surface area contributed by atoms with Crippen molar-refractivity contribution < 1.29 is 14.2 Å². The van der Waals surface area contributed by atoms with E-state index in [-0.39, 0.29) is 24.0 Å². The van der Waals surface area contributed by atoms with E-state index < -0.39 is 0 Å². The second-order valence-corrected chi connectivity index (χ2v) is 5.75. The summed E-state index contributed by atoms with van der Waals surface area (Å²) in [7, 11) is 3.31. The van der Waals surface area contributed by atoms with Crippen LogP contribution in [0.5, 0.6) is 11.5 Å². The fourth-order valence-corrected chi connectivity index (χ4v) is 2.65. The van der Waals surface area contributed by atoms with E-state index in [0.717, 1.165) is 69.0 Å². The molecule has 0 amide bonds. The molecule has 8 heteroatoms. The summed E-state index contributed by atoms with van der Waals surface area (Å²) in [6, 6.07) is 5.79. The molecule has 26 heavy (non-hydrogen) atoms. The van der Waals surface area contributed by atoms with Gasteiger partial charge in [0.25, 0.3) is 0 Å². The van der Waals surface area contributed by atoms with E-state index in [1.807, 2.05) is 18.2 Å². The number of ether oxygens (including phenoxy) is 3. The van der Waals surface area contributed by atoms with Crippen LogP contribution in [0, 0.1) is 0 Å². The third-order valence-corrected chi connectivity index (χ3v) is 4.07. The summed E-state index contributed by atoms with van der Waals surface area (Å²) in [6.07, 6.45) is 0. The average Bonchev–Trinajstić information content (AvgIpc) is 2.66. The molecule has 0 spiro atoms. The van der Waals surface area contributed by atoms with Crippen molar-refractivity contribution in [1.82, 2.24) is 15.5 Å². The number of hydrogen-bond donors (Lipinski definition) is 2. The summed E-state index contributed by atoms with van der Waals surface area (Å²) in [5.74, 6) is 2.38. The molecule has 1 saturated heterocycles. The van der Waals surface area contributed by atoms with Gasteiger partial charge in [-0.3, -0.25) is 4.90 Å². The number of nitrogens with one attached hydrogen (secondary N) is 2. The molecule has 0 saturated carbocycles. The molecule has 2 rings (SSSR count). The predicted octanol–water partition coefficient (Wildman–Crippen LogP) is 1.71. The van der Waals surface area contributed by atoms with E-state index in [2.05, 4.69) is 27.4 Å². The van der Waals surface area contributed by atoms with Crippen molar-refractivity contribution in [3.05, 3.63) is 23.8 Å². The van der Waals surface area contributed by atoms with Crippen LogP contribution in [-0.4, -0.2) is 71.0 Å². The smallest absolute Gasteiger partial charge is 0.191 e. The first-order valence-electron chi connectivity index (χ1n) is 8.80. The first-order chi connectivity index (χ1) is 12.3. The average molecular weight is 478 g/mol. The van der Waals surface area contributed by atoms with E-state index >= 15 is 0 Å². The largest absolute Gasteiger partial charge is 0.497 e. The fraction of sp³-hybridized carbons (Fsp3) is 0.611. The summed E-state index contributed by atoms with van der Waals surface area (Å²) in [5.41, 5.74) is 1.02. The number of hydrogen-bond acceptors (Lipinski definition) is 5. The Hall–Kier alpha value is -1.26. The van der Waals surface area contributed by atoms with Crippen LogP contribution in [0.4, 0.5) is 0 Å². The zero-order valence-corrected chi connectivity index (χ0v) is 18.2. The Bertz CT molecular complexity index is 551. The van der Waals surface area contributed by atoms with Crippen molar-refractivity contribution >= 4 is 29.9 Å². The quantitative estimate of drug-likeness (QED) is 0.337. The van der Waals surface area contributed by atoms with Gasteiger partial charge in [0.15, 0.2) is 5.96 Å². The molecule has 2 N–H and O–H groups in total. The first kappa shape index (κ1) is 22.8. The van der Waals surface area contributed by atoms with Crippen LogP contribution in [-0.2, 0) is 11.3 Å². The molecule has 0 aromatic heterocycles. The van der Waals surface area contributed by atoms with E-state index in [1.54, 1.807) is 14.2 Å². The van der Waals surface area contributed by atoms with Crippen LogP contribution in [0.25, 0.3) is 0 Å². The van der Waals surface area contributed by atoms with Gasteiger partial charge in [-0.05, 0) is 19.1 Å². The van der Waals surface area contributed by atoms with Crippen LogP contribution in [0.1, 0.15) is 12.5 Å². The minimum absolute atomic E-state index is 0. The molecule has 1 aromatic rings. The van der Waals surface area contributed by atoms with Gasteiger partial charge < -0.3 is 24.8 Å². The van der Waals surface area contributed by atoms with Crippen molar-refractivity contribution in [2.24, 2.45) is 4.99 Å². The van der Waals surface area contributed by atoms with Crippen LogP contribution < -0.4 is 20.1 Å². The highest BCUT2D eigenvalue weighted by molar-refractivity contribution is 14.0. The summed E-state index contributed by atoms with van der Waals surface area (Å²) < 4.78 is 16.0. The molecule has 1 aromatic carbocycles. The van der Waals surface area contributed by atoms with Gasteiger partial charge in [-0.1, -0.05) is 0 Å². The minimum Gasteiger partial charge on any atom is -0.497 e. The van der Waals surface area contributed by atoms with Crippen LogP contribution in [0.2, 0.25) is 0 Å². The lowest BCUT2D eigenvalue weighted by molar-refractivity contribution is 0.0389. The number of halogens is 1. The number of methoxy groups -OCH3 is 2. The summed E-state index contributed by atoms with van der Waals surface area (Å²) in [4.78, 5) is 7.06. The Labute approximate surface area is 173 Å². The lowest BCUT2D eigenvalue weighted by atomic mass is 10.2. The van der Waals surface area contributed by atoms with Crippen LogP contribution in [0.15, 0.2) is 23.2 Å². The Kier molecular flexibility index (Phi) is 11.4. The number of guanidine groups is 1. The second-order valence-electron chi connectivity index (χ2n) is 5.75. The van der Waals surface area contributed by atoms with Gasteiger partial charge in [0.1, 0.15) is 11.5 Å². The van der Waals surface area contributed by atoms with Crippen molar-refractivity contribution in [3.63, 3.8) is 0 Å². The molecule has 1 heterocycles. The number of rotatable bonds is 8. The SMILES string of the molecule is CCNC(=NCc1ccc(OC)cc1OC)NCCN1CCOCC1.I. The van der Waals surface area contributed by atoms with Crippen molar-refractivity contribution in [2.45, 2.75) is 13.5 Å². The molecular weight excluding hydrogens is 447 g/mol. The molecule has 1 aliphatic rings. The van der Waals surface area contributed by atoms with Crippen LogP contribution >= 0.6 is 24.0 Å². The highest BCUT2D eigenvalue weighted by Crippen LogP contribution is 2.25. The summed E-state index contributed by atoms with van der Waals surface area (Å²) in [6.45, 7) is 8.91. The Morgan fingerprint density at radius 2 is 1.96 bits per heavy atom. The molecule has 0 bridgehead atoms. The van der Waals surface area contributed by atoms with Gasteiger partial charge in [-0.25, -0.2) is 4.99 Å². The topological polar surface area (TPSA) is 67.4 Å². The maximum absolute atomic E-state index is 5.43. The molecule has 0 unspecified atom stereocenters. The maximum atomic E-state index is 5.43. The van der Waals surface area contributed by atoms with E-state index in [0.29, 0.717) is 6.54 Å². The molecule has 1 aliphatic heterocycles. The van der Waals surface area contributed by atoms with Gasteiger partial charge in [0, 0.05) is 44.4 Å². The van der Waals surface area contributed by atoms with E-state index in [4.69, 9.17) is 14.2 Å². The zero-order chi connectivity index (χ0) is 17.9. The highest BCUT2D eigenvalue weighted by atomic mass is 127. The summed E-state index contributed by atoms with van der Waals surface area (Å²) in [5, 5.41) is 6.67. The molecule has 7 nitrogen and oxygen atoms in total. The Morgan fingerprint density at radius 3 is 2.62 bits per heavy atom. The normalized spacial score (nSPS) is 15.1. The maximum Gasteiger partial charge on any atom is 0.191 e. The molecule has 0 radical (unpaired) electrons. The summed E-state index contributed by atoms with van der Waals surface area (Å²) >= 11 is 0. The van der Waals surface area contributed by atoms with Crippen molar-refractivity contribution in [2.75, 3.05) is 60.2 Å². The second kappa shape index (κ2) is 13.0. The molecule has 0 atom stereocenters. The third-order valence-electron chi connectivity index (χ3n) is 4.07. The number of benzene rings is 1. The molecule has 0 aliphatic carbocycles. The fourth-order valence-electron chi connectivity index (χ4n) is 2.65. The number of aliphatic imine (C=N–C) groups is 1. The highest BCUT2D eigenvalue weighted by Gasteiger charge is 2.10. The molecule has 148 valence electrons. The number of nitrogens with zero attached hydrogens (tertiary/aromatic N) is 2. The van der Waals surface area contributed by atoms with E-state index in [1.165, 1.54) is 0 Å². The minimum atomic E-state index is 0. The van der Waals surface area contributed by atoms with Gasteiger partial charge >= 0.3 is 0 Å². The van der Waals surface area contributed by atoms with Gasteiger partial charge in [-0.2, -0.15) is 0 Å². The van der Waals surface area contributed by atoms with Crippen molar-refractivity contribution in [3.8, 4) is 11.5 Å². The van der Waals surface area contributed by atoms with Gasteiger partial charge in [0.2, 0.25) is 0 Å². The molecular formula is C18H31IN4O3. The lowest BCUT2D eigenvalue weighted by Crippen LogP contribution is -2.44. The molecule has 1 fully saturated rings. The van der Waals surface area contributed by atoms with Gasteiger partial charge in [0.05, 0.1) is 34.0 Å². The first-order valence-corrected chi connectivity index (χ1v) is 8.80. The monoisotopic (exact) mass is 478 g/mol. The lowest BCUT2D eigenvalue weighted by Gasteiger charge is -2.26. The standard InChI is InChI=1S/C18H30N4O3.HI/c1-4-19-18(20-7-8-22-9-11-25-12-10-22)21-14-15-5-6-16(23-2)13-17(15)24-3;/h5-6,13H,4,7-12,14H2,1-3H3,(H2,19,20,21);1H. The van der Waals surface area contributed by atoms with E-state index in [9.17, 15) is 0 Å². The van der Waals surface area contributed by atoms with Crippen molar-refractivity contribution in [1.29, 1.82) is 0 Å².